The van der Waals surface area contributed by atoms with Crippen molar-refractivity contribution < 1.29 is 9.26 Å². The molecule has 1 atom stereocenters. The average Bonchev–Trinajstić information content (AvgIpc) is 2.99. The molecule has 90 valence electrons. The van der Waals surface area contributed by atoms with E-state index in [9.17, 15) is 0 Å². The van der Waals surface area contributed by atoms with Gasteiger partial charge in [0.15, 0.2) is 11.6 Å². The zero-order valence-corrected chi connectivity index (χ0v) is 9.69. The van der Waals surface area contributed by atoms with E-state index in [1.807, 2.05) is 18.2 Å². The van der Waals surface area contributed by atoms with E-state index in [2.05, 4.69) is 15.8 Å². The molecule has 1 unspecified atom stereocenters. The number of methoxy groups -OCH3 is 1. The predicted octanol–water partition coefficient (Wildman–Crippen LogP) is 1.61. The van der Waals surface area contributed by atoms with E-state index in [0.29, 0.717) is 17.4 Å². The van der Waals surface area contributed by atoms with Gasteiger partial charge in [-0.1, -0.05) is 11.2 Å². The summed E-state index contributed by atoms with van der Waals surface area (Å²) in [4.78, 5) is 0. The third-order valence-electron chi connectivity index (χ3n) is 3.08. The second-order valence-electron chi connectivity index (χ2n) is 4.20. The number of nitrogens with zero attached hydrogens (tertiary/aromatic N) is 1. The van der Waals surface area contributed by atoms with E-state index >= 15 is 0 Å². The predicted molar refractivity (Wildman–Crippen MR) is 65.5 cm³/mol. The van der Waals surface area contributed by atoms with Crippen LogP contribution in [-0.2, 0) is 0 Å². The SMILES string of the molecule is COc1cccc2c(NC3CCNC3)noc12. The standard InChI is InChI=1S/C12H15N3O2/c1-16-10-4-2-3-9-11(10)17-15-12(9)14-8-5-6-13-7-8/h2-4,8,13H,5-7H2,1H3,(H,14,15). The van der Waals surface area contributed by atoms with Crippen LogP contribution in [0.1, 0.15) is 6.42 Å². The first kappa shape index (κ1) is 10.4. The maximum atomic E-state index is 5.32. The van der Waals surface area contributed by atoms with Crippen molar-refractivity contribution in [3.05, 3.63) is 18.2 Å². The van der Waals surface area contributed by atoms with Crippen molar-refractivity contribution in [3.8, 4) is 5.75 Å². The van der Waals surface area contributed by atoms with Gasteiger partial charge in [0.25, 0.3) is 0 Å². The summed E-state index contributed by atoms with van der Waals surface area (Å²) >= 11 is 0. The zero-order chi connectivity index (χ0) is 11.7. The molecule has 5 heteroatoms. The number of rotatable bonds is 3. The topological polar surface area (TPSA) is 59.3 Å². The highest BCUT2D eigenvalue weighted by Crippen LogP contribution is 2.30. The molecular weight excluding hydrogens is 218 g/mol. The average molecular weight is 233 g/mol. The first-order valence-electron chi connectivity index (χ1n) is 5.78. The van der Waals surface area contributed by atoms with E-state index in [0.717, 1.165) is 30.7 Å². The molecule has 17 heavy (non-hydrogen) atoms. The van der Waals surface area contributed by atoms with Crippen LogP contribution in [0.3, 0.4) is 0 Å². The van der Waals surface area contributed by atoms with Crippen LogP contribution in [0.4, 0.5) is 5.82 Å². The van der Waals surface area contributed by atoms with Gasteiger partial charge in [-0.3, -0.25) is 0 Å². The monoisotopic (exact) mass is 233 g/mol. The van der Waals surface area contributed by atoms with Crippen LogP contribution >= 0.6 is 0 Å². The van der Waals surface area contributed by atoms with E-state index < -0.39 is 0 Å². The highest BCUT2D eigenvalue weighted by Gasteiger charge is 2.18. The summed E-state index contributed by atoms with van der Waals surface area (Å²) in [6, 6.07) is 6.22. The molecule has 0 amide bonds. The Morgan fingerprint density at radius 2 is 2.47 bits per heavy atom. The van der Waals surface area contributed by atoms with Gasteiger partial charge in [-0.2, -0.15) is 0 Å². The Hall–Kier alpha value is -1.75. The fourth-order valence-electron chi connectivity index (χ4n) is 2.17. The molecule has 3 rings (SSSR count). The Kier molecular flexibility index (Phi) is 2.60. The number of anilines is 1. The molecule has 0 saturated carbocycles. The van der Waals surface area contributed by atoms with Crippen molar-refractivity contribution in [1.82, 2.24) is 10.5 Å². The Morgan fingerprint density at radius 3 is 3.24 bits per heavy atom. The number of benzene rings is 1. The molecule has 0 bridgehead atoms. The molecule has 2 heterocycles. The number of aromatic nitrogens is 1. The lowest BCUT2D eigenvalue weighted by Gasteiger charge is -2.09. The summed E-state index contributed by atoms with van der Waals surface area (Å²) in [5.41, 5.74) is 0.698. The summed E-state index contributed by atoms with van der Waals surface area (Å²) in [5, 5.41) is 11.7. The van der Waals surface area contributed by atoms with Crippen molar-refractivity contribution in [2.75, 3.05) is 25.5 Å². The van der Waals surface area contributed by atoms with Crippen LogP contribution in [0.15, 0.2) is 22.7 Å². The zero-order valence-electron chi connectivity index (χ0n) is 9.69. The van der Waals surface area contributed by atoms with Gasteiger partial charge < -0.3 is 19.9 Å². The highest BCUT2D eigenvalue weighted by atomic mass is 16.5. The van der Waals surface area contributed by atoms with Gasteiger partial charge in [0, 0.05) is 12.6 Å². The molecule has 1 saturated heterocycles. The summed E-state index contributed by atoms with van der Waals surface area (Å²) in [7, 11) is 1.63. The third kappa shape index (κ3) is 1.82. The van der Waals surface area contributed by atoms with Crippen LogP contribution in [0.25, 0.3) is 11.0 Å². The molecule has 1 fully saturated rings. The summed E-state index contributed by atoms with van der Waals surface area (Å²) in [6.07, 6.45) is 1.11. The first-order chi connectivity index (χ1) is 8.38. The fourth-order valence-corrected chi connectivity index (χ4v) is 2.17. The number of nitrogens with one attached hydrogen (secondary N) is 2. The number of hydrogen-bond acceptors (Lipinski definition) is 5. The number of hydrogen-bond donors (Lipinski definition) is 2. The van der Waals surface area contributed by atoms with E-state index in [-0.39, 0.29) is 0 Å². The second kappa shape index (κ2) is 4.25. The summed E-state index contributed by atoms with van der Waals surface area (Å²) in [6.45, 7) is 2.02. The molecule has 1 aliphatic rings. The van der Waals surface area contributed by atoms with E-state index in [1.54, 1.807) is 7.11 Å². The minimum absolute atomic E-state index is 0.425. The third-order valence-corrected chi connectivity index (χ3v) is 3.08. The van der Waals surface area contributed by atoms with Crippen LogP contribution in [0.5, 0.6) is 5.75 Å². The van der Waals surface area contributed by atoms with Gasteiger partial charge in [-0.05, 0) is 25.1 Å². The summed E-state index contributed by atoms with van der Waals surface area (Å²) < 4.78 is 10.6. The lowest BCUT2D eigenvalue weighted by molar-refractivity contribution is 0.393. The second-order valence-corrected chi connectivity index (χ2v) is 4.20. The molecule has 1 aromatic heterocycles. The van der Waals surface area contributed by atoms with Crippen LogP contribution in [0.2, 0.25) is 0 Å². The van der Waals surface area contributed by atoms with E-state index in [1.165, 1.54) is 0 Å². The number of fused-ring (bicyclic) bond motifs is 1. The van der Waals surface area contributed by atoms with Crippen molar-refractivity contribution in [2.24, 2.45) is 0 Å². The molecule has 1 aliphatic heterocycles. The van der Waals surface area contributed by atoms with Gasteiger partial charge in [-0.25, -0.2) is 0 Å². The van der Waals surface area contributed by atoms with Crippen molar-refractivity contribution in [2.45, 2.75) is 12.5 Å². The molecule has 2 N–H and O–H groups in total. The molecule has 5 nitrogen and oxygen atoms in total. The largest absolute Gasteiger partial charge is 0.493 e. The van der Waals surface area contributed by atoms with Crippen molar-refractivity contribution >= 4 is 16.8 Å². The Bertz CT molecular complexity index is 517. The van der Waals surface area contributed by atoms with Gasteiger partial charge in [0.2, 0.25) is 5.58 Å². The van der Waals surface area contributed by atoms with Gasteiger partial charge in [0.05, 0.1) is 12.5 Å². The Balaban J connectivity index is 1.94. The molecule has 0 spiro atoms. The lowest BCUT2D eigenvalue weighted by Crippen LogP contribution is -2.22. The van der Waals surface area contributed by atoms with Crippen molar-refractivity contribution in [3.63, 3.8) is 0 Å². The molecule has 0 aliphatic carbocycles. The number of para-hydroxylation sites is 1. The fraction of sp³-hybridized carbons (Fsp3) is 0.417. The minimum atomic E-state index is 0.425. The Morgan fingerprint density at radius 1 is 1.53 bits per heavy atom. The van der Waals surface area contributed by atoms with Crippen LogP contribution in [-0.4, -0.2) is 31.4 Å². The first-order valence-corrected chi connectivity index (χ1v) is 5.78. The van der Waals surface area contributed by atoms with Crippen LogP contribution < -0.4 is 15.4 Å². The lowest BCUT2D eigenvalue weighted by atomic mass is 10.2. The van der Waals surface area contributed by atoms with Gasteiger partial charge in [0.1, 0.15) is 0 Å². The molecule has 0 radical (unpaired) electrons. The van der Waals surface area contributed by atoms with Gasteiger partial charge in [-0.15, -0.1) is 0 Å². The van der Waals surface area contributed by atoms with Crippen LogP contribution in [0, 0.1) is 0 Å². The number of ether oxygens (including phenoxy) is 1. The molecule has 2 aromatic rings. The smallest absolute Gasteiger partial charge is 0.210 e. The Labute approximate surface area is 99.1 Å². The van der Waals surface area contributed by atoms with Crippen molar-refractivity contribution in [1.29, 1.82) is 0 Å². The quantitative estimate of drug-likeness (QED) is 0.843. The van der Waals surface area contributed by atoms with E-state index in [4.69, 9.17) is 9.26 Å². The maximum Gasteiger partial charge on any atom is 0.210 e. The summed E-state index contributed by atoms with van der Waals surface area (Å²) in [5.74, 6) is 1.51. The minimum Gasteiger partial charge on any atom is -0.493 e. The molecule has 1 aromatic carbocycles. The van der Waals surface area contributed by atoms with Gasteiger partial charge >= 0.3 is 0 Å². The highest BCUT2D eigenvalue weighted by molar-refractivity contribution is 5.92. The molecular formula is C12H15N3O2. The maximum absolute atomic E-state index is 5.32. The normalized spacial score (nSPS) is 19.7.